The zero-order valence-electron chi connectivity index (χ0n) is 14.3. The minimum Gasteiger partial charge on any atom is -0.497 e. The first-order chi connectivity index (χ1) is 11.0. The average molecular weight is 337 g/mol. The predicted octanol–water partition coefficient (Wildman–Crippen LogP) is 4.43. The molecule has 0 fully saturated rings. The van der Waals surface area contributed by atoms with Gasteiger partial charge in [0.15, 0.2) is 11.6 Å². The molecule has 1 aromatic rings. The minimum absolute atomic E-state index is 0.0141. The van der Waals surface area contributed by atoms with E-state index in [1.807, 2.05) is 38.1 Å². The van der Waals surface area contributed by atoms with Crippen molar-refractivity contribution in [1.29, 1.82) is 0 Å². The summed E-state index contributed by atoms with van der Waals surface area (Å²) in [7, 11) is 1.63. The van der Waals surface area contributed by atoms with E-state index in [4.69, 9.17) is 16.3 Å². The number of ketones is 1. The lowest BCUT2D eigenvalue weighted by Gasteiger charge is -2.10. The first kappa shape index (κ1) is 19.2. The highest BCUT2D eigenvalue weighted by Crippen LogP contribution is 2.12. The molecular formula is C18H25ClN2O2. The minimum atomic E-state index is -0.0141. The van der Waals surface area contributed by atoms with Crippen LogP contribution in [0.4, 0.5) is 0 Å². The zero-order chi connectivity index (χ0) is 17.2. The Labute approximate surface area is 143 Å². The van der Waals surface area contributed by atoms with Crippen molar-refractivity contribution in [2.24, 2.45) is 4.99 Å². The molecule has 126 valence electrons. The number of Topliss-reactive ketones (excluding diaryl/α,β-unsaturated/α-hetero) is 1. The number of allylic oxidation sites excluding steroid dienone is 1. The molecule has 0 radical (unpaired) electrons. The number of unbranched alkanes of at least 4 members (excludes halogenated alkanes) is 1. The van der Waals surface area contributed by atoms with Gasteiger partial charge < -0.3 is 10.1 Å². The van der Waals surface area contributed by atoms with Crippen molar-refractivity contribution in [2.75, 3.05) is 7.11 Å². The second-order valence-electron chi connectivity index (χ2n) is 5.48. The quantitative estimate of drug-likeness (QED) is 0.434. The van der Waals surface area contributed by atoms with Crippen LogP contribution in [-0.2, 0) is 11.3 Å². The number of nitrogens with zero attached hydrogens (tertiary/aromatic N) is 1. The van der Waals surface area contributed by atoms with Gasteiger partial charge >= 0.3 is 0 Å². The van der Waals surface area contributed by atoms with Crippen molar-refractivity contribution in [1.82, 2.24) is 5.32 Å². The smallest absolute Gasteiger partial charge is 0.197 e. The van der Waals surface area contributed by atoms with E-state index < -0.39 is 0 Å². The topological polar surface area (TPSA) is 50.7 Å². The molecule has 5 heteroatoms. The summed E-state index contributed by atoms with van der Waals surface area (Å²) in [5.74, 6) is 1.10. The second-order valence-corrected chi connectivity index (χ2v) is 5.86. The zero-order valence-corrected chi connectivity index (χ0v) is 15.0. The molecule has 0 aliphatic heterocycles. The summed E-state index contributed by atoms with van der Waals surface area (Å²) in [4.78, 5) is 16.7. The fourth-order valence-corrected chi connectivity index (χ4v) is 1.87. The summed E-state index contributed by atoms with van der Waals surface area (Å²) in [6.45, 7) is 6.23. The standard InChI is InChI=1S/C18H25ClN2O2/c1-5-6-7-16(22)18(21-17(19)13(2)3)20-12-14-8-10-15(23-4)11-9-14/h8-11H,5-7,12H2,1-4H3,(H,20,21). The van der Waals surface area contributed by atoms with Gasteiger partial charge in [-0.05, 0) is 43.5 Å². The number of rotatable bonds is 8. The van der Waals surface area contributed by atoms with Crippen molar-refractivity contribution < 1.29 is 9.53 Å². The molecule has 0 saturated heterocycles. The van der Waals surface area contributed by atoms with Crippen molar-refractivity contribution >= 4 is 23.2 Å². The SMILES string of the molecule is CCCCC(=O)C(=NCc1ccc(OC)cc1)NC(Cl)=C(C)C. The Morgan fingerprint density at radius 2 is 1.91 bits per heavy atom. The van der Waals surface area contributed by atoms with Crippen LogP contribution in [0.15, 0.2) is 40.0 Å². The van der Waals surface area contributed by atoms with E-state index in [2.05, 4.69) is 17.2 Å². The molecule has 0 spiro atoms. The van der Waals surface area contributed by atoms with Gasteiger partial charge in [0.1, 0.15) is 10.9 Å². The van der Waals surface area contributed by atoms with Gasteiger partial charge in [-0.1, -0.05) is 37.1 Å². The summed E-state index contributed by atoms with van der Waals surface area (Å²) >= 11 is 6.13. The van der Waals surface area contributed by atoms with Crippen molar-refractivity contribution in [2.45, 2.75) is 46.6 Å². The lowest BCUT2D eigenvalue weighted by Crippen LogP contribution is -2.30. The first-order valence-electron chi connectivity index (χ1n) is 7.78. The Morgan fingerprint density at radius 1 is 1.26 bits per heavy atom. The molecule has 4 nitrogen and oxygen atoms in total. The van der Waals surface area contributed by atoms with E-state index in [9.17, 15) is 4.79 Å². The maximum atomic E-state index is 12.3. The van der Waals surface area contributed by atoms with Crippen LogP contribution in [0.5, 0.6) is 5.75 Å². The highest BCUT2D eigenvalue weighted by atomic mass is 35.5. The Morgan fingerprint density at radius 3 is 2.43 bits per heavy atom. The average Bonchev–Trinajstić information content (AvgIpc) is 2.56. The van der Waals surface area contributed by atoms with Crippen LogP contribution in [0.25, 0.3) is 0 Å². The molecule has 1 aromatic carbocycles. The molecule has 0 atom stereocenters. The number of amidine groups is 1. The van der Waals surface area contributed by atoms with Crippen molar-refractivity contribution in [3.05, 3.63) is 40.6 Å². The third kappa shape index (κ3) is 6.87. The largest absolute Gasteiger partial charge is 0.497 e. The van der Waals surface area contributed by atoms with E-state index in [1.165, 1.54) is 0 Å². The van der Waals surface area contributed by atoms with Gasteiger partial charge in [0.2, 0.25) is 0 Å². The van der Waals surface area contributed by atoms with Crippen LogP contribution < -0.4 is 10.1 Å². The van der Waals surface area contributed by atoms with Gasteiger partial charge in [0.25, 0.3) is 0 Å². The van der Waals surface area contributed by atoms with E-state index in [1.54, 1.807) is 7.11 Å². The maximum Gasteiger partial charge on any atom is 0.197 e. The van der Waals surface area contributed by atoms with Crippen LogP contribution in [0.2, 0.25) is 0 Å². The predicted molar refractivity (Wildman–Crippen MR) is 96.0 cm³/mol. The number of methoxy groups -OCH3 is 1. The summed E-state index contributed by atoms with van der Waals surface area (Å²) in [6.07, 6.45) is 2.28. The molecule has 0 heterocycles. The number of aliphatic imine (C=N–C) groups is 1. The summed E-state index contributed by atoms with van der Waals surface area (Å²) in [5, 5.41) is 3.39. The maximum absolute atomic E-state index is 12.3. The monoisotopic (exact) mass is 336 g/mol. The molecule has 0 aromatic heterocycles. The number of ether oxygens (including phenoxy) is 1. The fraction of sp³-hybridized carbons (Fsp3) is 0.444. The molecule has 0 aliphatic rings. The van der Waals surface area contributed by atoms with Gasteiger partial charge in [0.05, 0.1) is 13.7 Å². The summed E-state index contributed by atoms with van der Waals surface area (Å²) in [5.41, 5.74) is 1.91. The summed E-state index contributed by atoms with van der Waals surface area (Å²) < 4.78 is 5.13. The number of halogens is 1. The lowest BCUT2D eigenvalue weighted by atomic mass is 10.1. The van der Waals surface area contributed by atoms with Gasteiger partial charge in [-0.15, -0.1) is 0 Å². The summed E-state index contributed by atoms with van der Waals surface area (Å²) in [6, 6.07) is 7.61. The normalized spacial score (nSPS) is 11.1. The highest BCUT2D eigenvalue weighted by Gasteiger charge is 2.12. The number of carbonyl (C=O) groups excluding carboxylic acids is 1. The van der Waals surface area contributed by atoms with Crippen molar-refractivity contribution in [3.8, 4) is 5.75 Å². The number of carbonyl (C=O) groups is 1. The molecule has 0 bridgehead atoms. The second kappa shape index (κ2) is 10.1. The van der Waals surface area contributed by atoms with Crippen LogP contribution >= 0.6 is 11.6 Å². The van der Waals surface area contributed by atoms with Gasteiger partial charge in [0, 0.05) is 6.42 Å². The molecule has 0 amide bonds. The first-order valence-corrected chi connectivity index (χ1v) is 8.16. The molecule has 1 N–H and O–H groups in total. The molecular weight excluding hydrogens is 312 g/mol. The van der Waals surface area contributed by atoms with Crippen LogP contribution in [0.3, 0.4) is 0 Å². The number of hydrogen-bond donors (Lipinski definition) is 1. The number of nitrogens with one attached hydrogen (secondary N) is 1. The van der Waals surface area contributed by atoms with E-state index in [-0.39, 0.29) is 5.78 Å². The van der Waals surface area contributed by atoms with Crippen LogP contribution in [0.1, 0.15) is 45.6 Å². The van der Waals surface area contributed by atoms with Gasteiger partial charge in [-0.2, -0.15) is 0 Å². The Hall–Kier alpha value is -1.81. The Bertz CT molecular complexity index is 573. The number of benzene rings is 1. The molecule has 0 aliphatic carbocycles. The van der Waals surface area contributed by atoms with Gasteiger partial charge in [-0.3, -0.25) is 9.79 Å². The Kier molecular flexibility index (Phi) is 8.41. The Balaban J connectivity index is 2.87. The van der Waals surface area contributed by atoms with E-state index in [0.717, 1.165) is 29.7 Å². The molecule has 23 heavy (non-hydrogen) atoms. The third-order valence-corrected chi connectivity index (χ3v) is 3.74. The van der Waals surface area contributed by atoms with E-state index in [0.29, 0.717) is 24.0 Å². The van der Waals surface area contributed by atoms with E-state index >= 15 is 0 Å². The third-order valence-electron chi connectivity index (χ3n) is 3.27. The van der Waals surface area contributed by atoms with Gasteiger partial charge in [-0.25, -0.2) is 0 Å². The lowest BCUT2D eigenvalue weighted by molar-refractivity contribution is -0.113. The highest BCUT2D eigenvalue weighted by molar-refractivity contribution is 6.42. The molecule has 0 saturated carbocycles. The molecule has 1 rings (SSSR count). The number of hydrogen-bond acceptors (Lipinski definition) is 3. The molecule has 0 unspecified atom stereocenters. The van der Waals surface area contributed by atoms with Crippen LogP contribution in [-0.4, -0.2) is 18.7 Å². The fourth-order valence-electron chi connectivity index (χ4n) is 1.78. The van der Waals surface area contributed by atoms with Crippen LogP contribution in [0, 0.1) is 0 Å². The van der Waals surface area contributed by atoms with Crippen molar-refractivity contribution in [3.63, 3.8) is 0 Å².